The van der Waals surface area contributed by atoms with Crippen LogP contribution in [0.25, 0.3) is 0 Å². The van der Waals surface area contributed by atoms with Gasteiger partial charge in [0, 0.05) is 29.4 Å². The molecule has 1 amide bonds. The molecule has 3 rings (SSSR count). The van der Waals surface area contributed by atoms with Crippen LogP contribution in [0.5, 0.6) is 0 Å². The van der Waals surface area contributed by atoms with Crippen LogP contribution in [-0.2, 0) is 16.4 Å². The van der Waals surface area contributed by atoms with Gasteiger partial charge in [0.15, 0.2) is 0 Å². The van der Waals surface area contributed by atoms with Crippen molar-refractivity contribution in [3.63, 3.8) is 0 Å². The standard InChI is InChI=1S/C23H23N3O5S/c1-17-9-14-21(16-22(17)26(28)29)32(30,31)25-20-12-10-19(11-13-20)23(27)24-15-5-8-18-6-3-2-4-7-18/h2-4,6-7,9-14,16,25H,5,8,15H2,1H3,(H,24,27). The third-order valence-corrected chi connectivity index (χ3v) is 6.24. The van der Waals surface area contributed by atoms with Crippen molar-refractivity contribution in [2.24, 2.45) is 0 Å². The van der Waals surface area contributed by atoms with Crippen molar-refractivity contribution >= 4 is 27.3 Å². The quantitative estimate of drug-likeness (QED) is 0.288. The Hall–Kier alpha value is -3.72. The number of aryl methyl sites for hydroxylation is 2. The number of amides is 1. The van der Waals surface area contributed by atoms with Crippen molar-refractivity contribution in [1.82, 2.24) is 5.32 Å². The fourth-order valence-corrected chi connectivity index (χ4v) is 4.18. The molecule has 0 aromatic heterocycles. The molecule has 0 saturated heterocycles. The highest BCUT2D eigenvalue weighted by Crippen LogP contribution is 2.24. The van der Waals surface area contributed by atoms with Crippen LogP contribution in [-0.4, -0.2) is 25.8 Å². The molecule has 0 spiro atoms. The number of benzene rings is 3. The van der Waals surface area contributed by atoms with Gasteiger partial charge in [-0.05, 0) is 55.7 Å². The summed E-state index contributed by atoms with van der Waals surface area (Å²) < 4.78 is 27.5. The molecule has 166 valence electrons. The minimum Gasteiger partial charge on any atom is -0.352 e. The highest BCUT2D eigenvalue weighted by atomic mass is 32.2. The monoisotopic (exact) mass is 453 g/mol. The fraction of sp³-hybridized carbons (Fsp3) is 0.174. The minimum atomic E-state index is -4.02. The number of nitrogens with zero attached hydrogens (tertiary/aromatic N) is 1. The van der Waals surface area contributed by atoms with Gasteiger partial charge in [-0.2, -0.15) is 0 Å². The number of sulfonamides is 1. The average Bonchev–Trinajstić information content (AvgIpc) is 2.77. The van der Waals surface area contributed by atoms with E-state index < -0.39 is 14.9 Å². The molecule has 3 aromatic carbocycles. The van der Waals surface area contributed by atoms with Crippen LogP contribution in [0.15, 0.2) is 77.7 Å². The smallest absolute Gasteiger partial charge is 0.273 e. The van der Waals surface area contributed by atoms with Gasteiger partial charge in [0.2, 0.25) is 0 Å². The van der Waals surface area contributed by atoms with Crippen LogP contribution in [0.1, 0.15) is 27.9 Å². The summed E-state index contributed by atoms with van der Waals surface area (Å²) in [5.74, 6) is -0.248. The van der Waals surface area contributed by atoms with Gasteiger partial charge in [-0.25, -0.2) is 8.42 Å². The zero-order chi connectivity index (χ0) is 23.1. The molecule has 0 saturated carbocycles. The van der Waals surface area contributed by atoms with E-state index >= 15 is 0 Å². The molecule has 0 aliphatic carbocycles. The first-order valence-electron chi connectivity index (χ1n) is 9.96. The molecule has 0 aliphatic rings. The number of hydrogen-bond acceptors (Lipinski definition) is 5. The summed E-state index contributed by atoms with van der Waals surface area (Å²) in [4.78, 5) is 22.5. The Balaban J connectivity index is 1.58. The van der Waals surface area contributed by atoms with Gasteiger partial charge < -0.3 is 5.32 Å². The molecule has 0 heterocycles. The van der Waals surface area contributed by atoms with Crippen molar-refractivity contribution in [1.29, 1.82) is 0 Å². The molecule has 32 heavy (non-hydrogen) atoms. The second-order valence-corrected chi connectivity index (χ2v) is 8.92. The minimum absolute atomic E-state index is 0.213. The van der Waals surface area contributed by atoms with E-state index in [1.54, 1.807) is 0 Å². The van der Waals surface area contributed by atoms with Gasteiger partial charge in [0.05, 0.1) is 9.82 Å². The maximum Gasteiger partial charge on any atom is 0.273 e. The Morgan fingerprint density at radius 3 is 2.34 bits per heavy atom. The van der Waals surface area contributed by atoms with Crippen molar-refractivity contribution in [2.45, 2.75) is 24.7 Å². The number of nitro groups is 1. The SMILES string of the molecule is Cc1ccc(S(=O)(=O)Nc2ccc(C(=O)NCCCc3ccccc3)cc2)cc1[N+](=O)[O-]. The largest absolute Gasteiger partial charge is 0.352 e. The Labute approximate surface area is 186 Å². The van der Waals surface area contributed by atoms with E-state index in [0.29, 0.717) is 17.7 Å². The number of hydrogen-bond donors (Lipinski definition) is 2. The summed E-state index contributed by atoms with van der Waals surface area (Å²) in [6.45, 7) is 2.06. The third kappa shape index (κ3) is 5.92. The molecule has 8 nitrogen and oxygen atoms in total. The van der Waals surface area contributed by atoms with Crippen LogP contribution < -0.4 is 10.0 Å². The molecule has 3 aromatic rings. The zero-order valence-corrected chi connectivity index (χ0v) is 18.3. The van der Waals surface area contributed by atoms with Gasteiger partial charge >= 0.3 is 0 Å². The third-order valence-electron chi connectivity index (χ3n) is 4.86. The lowest BCUT2D eigenvalue weighted by molar-refractivity contribution is -0.385. The number of carbonyl (C=O) groups excluding carboxylic acids is 1. The zero-order valence-electron chi connectivity index (χ0n) is 17.4. The lowest BCUT2D eigenvalue weighted by Crippen LogP contribution is -2.24. The molecule has 0 atom stereocenters. The average molecular weight is 454 g/mol. The maximum atomic E-state index is 12.6. The van der Waals surface area contributed by atoms with E-state index in [4.69, 9.17) is 0 Å². The van der Waals surface area contributed by atoms with E-state index in [2.05, 4.69) is 10.0 Å². The molecule has 0 fully saturated rings. The lowest BCUT2D eigenvalue weighted by Gasteiger charge is -2.10. The summed E-state index contributed by atoms with van der Waals surface area (Å²) in [6, 6.07) is 19.7. The lowest BCUT2D eigenvalue weighted by atomic mass is 10.1. The number of anilines is 1. The summed E-state index contributed by atoms with van der Waals surface area (Å²) in [7, 11) is -4.02. The summed E-state index contributed by atoms with van der Waals surface area (Å²) in [6.07, 6.45) is 1.66. The Morgan fingerprint density at radius 2 is 1.69 bits per heavy atom. The highest BCUT2D eigenvalue weighted by Gasteiger charge is 2.20. The first-order chi connectivity index (χ1) is 15.3. The van der Waals surface area contributed by atoms with Crippen LogP contribution in [0.2, 0.25) is 0 Å². The van der Waals surface area contributed by atoms with E-state index in [1.165, 1.54) is 48.9 Å². The second kappa shape index (κ2) is 10.1. The maximum absolute atomic E-state index is 12.6. The van der Waals surface area contributed by atoms with Crippen molar-refractivity contribution in [2.75, 3.05) is 11.3 Å². The Kier molecular flexibility index (Phi) is 7.21. The molecule has 0 radical (unpaired) electrons. The molecular formula is C23H23N3O5S. The number of nitro benzene ring substituents is 1. The van der Waals surface area contributed by atoms with Crippen molar-refractivity contribution < 1.29 is 18.1 Å². The van der Waals surface area contributed by atoms with Crippen LogP contribution in [0.3, 0.4) is 0 Å². The molecular weight excluding hydrogens is 430 g/mol. The van der Waals surface area contributed by atoms with Crippen molar-refractivity contribution in [3.05, 3.63) is 99.6 Å². The van der Waals surface area contributed by atoms with Crippen LogP contribution in [0, 0.1) is 17.0 Å². The summed E-state index contributed by atoms with van der Waals surface area (Å²) in [5, 5.41) is 13.9. The first kappa shape index (κ1) is 23.0. The second-order valence-electron chi connectivity index (χ2n) is 7.23. The van der Waals surface area contributed by atoms with Gasteiger partial charge in [-0.15, -0.1) is 0 Å². The highest BCUT2D eigenvalue weighted by molar-refractivity contribution is 7.92. The fourth-order valence-electron chi connectivity index (χ4n) is 3.10. The van der Waals surface area contributed by atoms with E-state index in [-0.39, 0.29) is 22.2 Å². The molecule has 0 bridgehead atoms. The topological polar surface area (TPSA) is 118 Å². The van der Waals surface area contributed by atoms with Gasteiger partial charge in [-0.1, -0.05) is 36.4 Å². The number of rotatable bonds is 9. The number of nitrogens with one attached hydrogen (secondary N) is 2. The predicted molar refractivity (Wildman–Crippen MR) is 122 cm³/mol. The summed E-state index contributed by atoms with van der Waals surface area (Å²) >= 11 is 0. The molecule has 2 N–H and O–H groups in total. The summed E-state index contributed by atoms with van der Waals surface area (Å²) in [5.41, 5.74) is 1.95. The van der Waals surface area contributed by atoms with Crippen LogP contribution >= 0.6 is 0 Å². The Bertz CT molecular complexity index is 1210. The van der Waals surface area contributed by atoms with Gasteiger partial charge in [0.1, 0.15) is 0 Å². The molecule has 9 heteroatoms. The van der Waals surface area contributed by atoms with Gasteiger partial charge in [0.25, 0.3) is 21.6 Å². The molecule has 0 aliphatic heterocycles. The van der Waals surface area contributed by atoms with Crippen LogP contribution in [0.4, 0.5) is 11.4 Å². The normalized spacial score (nSPS) is 11.0. The van der Waals surface area contributed by atoms with E-state index in [0.717, 1.165) is 18.9 Å². The first-order valence-corrected chi connectivity index (χ1v) is 11.4. The Morgan fingerprint density at radius 1 is 1.00 bits per heavy atom. The molecule has 0 unspecified atom stereocenters. The van der Waals surface area contributed by atoms with Gasteiger partial charge in [-0.3, -0.25) is 19.6 Å². The predicted octanol–water partition coefficient (Wildman–Crippen LogP) is 4.07. The van der Waals surface area contributed by atoms with Crippen molar-refractivity contribution in [3.8, 4) is 0 Å². The number of carbonyl (C=O) groups is 1. The van der Waals surface area contributed by atoms with E-state index in [9.17, 15) is 23.3 Å². The van der Waals surface area contributed by atoms with E-state index in [1.807, 2.05) is 30.3 Å².